The minimum absolute atomic E-state index is 0.110. The van der Waals surface area contributed by atoms with Crippen LogP contribution in [-0.2, 0) is 27.1 Å². The third-order valence-electron chi connectivity index (χ3n) is 3.93. The Hall–Kier alpha value is -2.38. The minimum atomic E-state index is -3.42. The second kappa shape index (κ2) is 9.53. The number of nitrogens with one attached hydrogen (secondary N) is 2. The van der Waals surface area contributed by atoms with E-state index < -0.39 is 10.0 Å². The number of sulfonamides is 1. The largest absolute Gasteiger partial charge is 0.365 e. The first-order valence-electron chi connectivity index (χ1n) is 8.86. The van der Waals surface area contributed by atoms with Crippen LogP contribution in [0.2, 0.25) is 0 Å². The summed E-state index contributed by atoms with van der Waals surface area (Å²) in [6.07, 6.45) is 0. The average molecular weight is 390 g/mol. The number of rotatable bonds is 9. The molecule has 2 aromatic carbocycles. The molecule has 2 N–H and O–H groups in total. The smallest absolute Gasteiger partial charge is 0.239 e. The second-order valence-corrected chi connectivity index (χ2v) is 8.52. The van der Waals surface area contributed by atoms with Gasteiger partial charge in [-0.2, -0.15) is 0 Å². The normalized spacial score (nSPS) is 11.4. The molecule has 0 heterocycles. The molecule has 0 aliphatic rings. The summed E-state index contributed by atoms with van der Waals surface area (Å²) in [7, 11) is -1.57. The Labute approximate surface area is 161 Å². The van der Waals surface area contributed by atoms with E-state index >= 15 is 0 Å². The van der Waals surface area contributed by atoms with Gasteiger partial charge in [-0.05, 0) is 37.1 Å². The lowest BCUT2D eigenvalue weighted by molar-refractivity contribution is -0.119. The second-order valence-electron chi connectivity index (χ2n) is 6.77. The third kappa shape index (κ3) is 7.03. The Morgan fingerprint density at radius 3 is 2.22 bits per heavy atom. The molecular formula is C20H27N3O3S. The first-order chi connectivity index (χ1) is 12.8. The monoisotopic (exact) mass is 389 g/mol. The van der Waals surface area contributed by atoms with E-state index in [1.807, 2.05) is 54.4 Å². The minimum Gasteiger partial charge on any atom is -0.365 e. The summed E-state index contributed by atoms with van der Waals surface area (Å²) in [6, 6.07) is 16.7. The van der Waals surface area contributed by atoms with Crippen molar-refractivity contribution in [3.05, 3.63) is 65.7 Å². The zero-order chi connectivity index (χ0) is 19.9. The maximum absolute atomic E-state index is 12.3. The Kier molecular flexibility index (Phi) is 7.38. The highest BCUT2D eigenvalue weighted by molar-refractivity contribution is 7.88. The average Bonchev–Trinajstić information content (AvgIpc) is 2.60. The quantitative estimate of drug-likeness (QED) is 0.690. The summed E-state index contributed by atoms with van der Waals surface area (Å²) in [5, 5.41) is 2.87. The number of hydrogen-bond donors (Lipinski definition) is 2. The van der Waals surface area contributed by atoms with Gasteiger partial charge in [0, 0.05) is 25.3 Å². The third-order valence-corrected chi connectivity index (χ3v) is 5.45. The van der Waals surface area contributed by atoms with Gasteiger partial charge in [-0.15, -0.1) is 0 Å². The Morgan fingerprint density at radius 1 is 1.00 bits per heavy atom. The SMILES string of the molecule is CC(C)NS(=O)(=O)Cc1ccccc1CNC(=O)CN(C)c1ccccc1. The molecule has 0 fully saturated rings. The van der Waals surface area contributed by atoms with Gasteiger partial charge in [-0.25, -0.2) is 13.1 Å². The van der Waals surface area contributed by atoms with Gasteiger partial charge in [0.1, 0.15) is 0 Å². The molecule has 1 amide bonds. The summed E-state index contributed by atoms with van der Waals surface area (Å²) in [5.74, 6) is -0.236. The van der Waals surface area contributed by atoms with Crippen LogP contribution in [0.25, 0.3) is 0 Å². The molecule has 27 heavy (non-hydrogen) atoms. The summed E-state index contributed by atoms with van der Waals surface area (Å²) in [5.41, 5.74) is 2.43. The fraction of sp³-hybridized carbons (Fsp3) is 0.350. The first kappa shape index (κ1) is 20.9. The molecule has 6 nitrogen and oxygen atoms in total. The number of hydrogen-bond acceptors (Lipinski definition) is 4. The number of anilines is 1. The standard InChI is InChI=1S/C20H27N3O3S/c1-16(2)22-27(25,26)15-18-10-8-7-9-17(18)13-21-20(24)14-23(3)19-11-5-4-6-12-19/h4-12,16,22H,13-15H2,1-3H3,(H,21,24). The number of carbonyl (C=O) groups excluding carboxylic acids is 1. The van der Waals surface area contributed by atoms with E-state index in [4.69, 9.17) is 0 Å². The molecule has 0 aromatic heterocycles. The van der Waals surface area contributed by atoms with Gasteiger partial charge in [0.05, 0.1) is 12.3 Å². The van der Waals surface area contributed by atoms with Crippen LogP contribution in [0, 0.1) is 0 Å². The maximum Gasteiger partial charge on any atom is 0.239 e. The Balaban J connectivity index is 1.97. The topological polar surface area (TPSA) is 78.5 Å². The molecule has 0 saturated heterocycles. The summed E-state index contributed by atoms with van der Waals surface area (Å²) >= 11 is 0. The van der Waals surface area contributed by atoms with Crippen molar-refractivity contribution in [1.82, 2.24) is 10.0 Å². The van der Waals surface area contributed by atoms with Crippen LogP contribution in [0.4, 0.5) is 5.69 Å². The van der Waals surface area contributed by atoms with E-state index in [-0.39, 0.29) is 30.8 Å². The fourth-order valence-electron chi connectivity index (χ4n) is 2.72. The van der Waals surface area contributed by atoms with Crippen LogP contribution in [0.3, 0.4) is 0 Å². The predicted molar refractivity (Wildman–Crippen MR) is 109 cm³/mol. The number of para-hydroxylation sites is 1. The van der Waals surface area contributed by atoms with Gasteiger partial charge in [-0.1, -0.05) is 42.5 Å². The molecule has 146 valence electrons. The van der Waals surface area contributed by atoms with Crippen molar-refractivity contribution in [2.75, 3.05) is 18.5 Å². The molecule has 0 bridgehead atoms. The molecule has 7 heteroatoms. The van der Waals surface area contributed by atoms with Crippen molar-refractivity contribution in [3.63, 3.8) is 0 Å². The van der Waals surface area contributed by atoms with Crippen LogP contribution >= 0.6 is 0 Å². The van der Waals surface area contributed by atoms with Crippen LogP contribution in [0.1, 0.15) is 25.0 Å². The van der Waals surface area contributed by atoms with Crippen molar-refractivity contribution in [2.24, 2.45) is 0 Å². The van der Waals surface area contributed by atoms with Crippen molar-refractivity contribution < 1.29 is 13.2 Å². The highest BCUT2D eigenvalue weighted by Gasteiger charge is 2.16. The van der Waals surface area contributed by atoms with Crippen LogP contribution < -0.4 is 14.9 Å². The Morgan fingerprint density at radius 2 is 1.59 bits per heavy atom. The van der Waals surface area contributed by atoms with E-state index in [1.165, 1.54) is 0 Å². The summed E-state index contributed by atoms with van der Waals surface area (Å²) in [6.45, 7) is 4.08. The van der Waals surface area contributed by atoms with Crippen molar-refractivity contribution in [2.45, 2.75) is 32.2 Å². The van der Waals surface area contributed by atoms with Crippen molar-refractivity contribution >= 4 is 21.6 Å². The molecule has 0 aliphatic carbocycles. The van der Waals surface area contributed by atoms with E-state index in [0.29, 0.717) is 5.56 Å². The molecule has 0 aliphatic heterocycles. The number of carbonyl (C=O) groups is 1. The van der Waals surface area contributed by atoms with Crippen LogP contribution in [0.15, 0.2) is 54.6 Å². The molecule has 0 spiro atoms. The number of benzene rings is 2. The highest BCUT2D eigenvalue weighted by atomic mass is 32.2. The molecule has 0 unspecified atom stereocenters. The zero-order valence-electron chi connectivity index (χ0n) is 16.0. The summed E-state index contributed by atoms with van der Waals surface area (Å²) in [4.78, 5) is 14.1. The van der Waals surface area contributed by atoms with Gasteiger partial charge in [0.2, 0.25) is 15.9 Å². The van der Waals surface area contributed by atoms with Gasteiger partial charge in [0.25, 0.3) is 0 Å². The lowest BCUT2D eigenvalue weighted by Crippen LogP contribution is -2.35. The number of amides is 1. The van der Waals surface area contributed by atoms with Gasteiger partial charge in [0.15, 0.2) is 0 Å². The molecule has 0 radical (unpaired) electrons. The molecule has 0 saturated carbocycles. The van der Waals surface area contributed by atoms with Gasteiger partial charge in [-0.3, -0.25) is 4.79 Å². The van der Waals surface area contributed by atoms with E-state index in [1.54, 1.807) is 26.0 Å². The van der Waals surface area contributed by atoms with Gasteiger partial charge < -0.3 is 10.2 Å². The number of nitrogens with zero attached hydrogens (tertiary/aromatic N) is 1. The summed E-state index contributed by atoms with van der Waals surface area (Å²) < 4.78 is 27.0. The molecule has 2 aromatic rings. The maximum atomic E-state index is 12.3. The van der Waals surface area contributed by atoms with Crippen molar-refractivity contribution in [3.8, 4) is 0 Å². The fourth-order valence-corrected chi connectivity index (χ4v) is 4.21. The van der Waals surface area contributed by atoms with Gasteiger partial charge >= 0.3 is 0 Å². The van der Waals surface area contributed by atoms with Crippen molar-refractivity contribution in [1.29, 1.82) is 0 Å². The lowest BCUT2D eigenvalue weighted by atomic mass is 10.1. The predicted octanol–water partition coefficient (Wildman–Crippen LogP) is 2.27. The zero-order valence-corrected chi connectivity index (χ0v) is 16.8. The molecule has 0 atom stereocenters. The van der Waals surface area contributed by atoms with E-state index in [0.717, 1.165) is 11.3 Å². The molecule has 2 rings (SSSR count). The molecular weight excluding hydrogens is 362 g/mol. The van der Waals surface area contributed by atoms with Crippen LogP contribution in [0.5, 0.6) is 0 Å². The number of likely N-dealkylation sites (N-methyl/N-ethyl adjacent to an activating group) is 1. The lowest BCUT2D eigenvalue weighted by Gasteiger charge is -2.19. The van der Waals surface area contributed by atoms with E-state index in [9.17, 15) is 13.2 Å². The highest BCUT2D eigenvalue weighted by Crippen LogP contribution is 2.13. The van der Waals surface area contributed by atoms with Crippen LogP contribution in [-0.4, -0.2) is 34.0 Å². The Bertz CT molecular complexity index is 852. The van der Waals surface area contributed by atoms with E-state index in [2.05, 4.69) is 10.0 Å². The first-order valence-corrected chi connectivity index (χ1v) is 10.5.